The molecule has 0 unspecified atom stereocenters. The van der Waals surface area contributed by atoms with E-state index in [9.17, 15) is 0 Å². The summed E-state index contributed by atoms with van der Waals surface area (Å²) in [5, 5.41) is 4.57. The molecule has 0 saturated heterocycles. The van der Waals surface area contributed by atoms with Gasteiger partial charge in [0.2, 0.25) is 0 Å². The predicted octanol–water partition coefficient (Wildman–Crippen LogP) is 12.9. The number of hydrogen-bond donors (Lipinski definition) is 0. The predicted molar refractivity (Wildman–Crippen MR) is 216 cm³/mol. The Kier molecular flexibility index (Phi) is 6.52. The second-order valence-corrected chi connectivity index (χ2v) is 13.5. The molecule has 4 heteroatoms. The zero-order chi connectivity index (χ0) is 34.9. The molecule has 11 rings (SSSR count). The average molecular weight is 676 g/mol. The molecule has 2 aromatic heterocycles. The fourth-order valence-corrected chi connectivity index (χ4v) is 8.02. The Morgan fingerprint density at radius 2 is 0.811 bits per heavy atom. The maximum Gasteiger partial charge on any atom is 0.164 e. The zero-order valence-corrected chi connectivity index (χ0v) is 28.5. The molecule has 0 bridgehead atoms. The summed E-state index contributed by atoms with van der Waals surface area (Å²) in [4.78, 5) is 15.2. The van der Waals surface area contributed by atoms with Gasteiger partial charge < -0.3 is 4.42 Å². The molecule has 0 aliphatic heterocycles. The summed E-state index contributed by atoms with van der Waals surface area (Å²) in [7, 11) is 0. The molecule has 4 nitrogen and oxygen atoms in total. The minimum absolute atomic E-state index is 0.602. The fourth-order valence-electron chi connectivity index (χ4n) is 8.02. The van der Waals surface area contributed by atoms with Crippen LogP contribution in [0.3, 0.4) is 0 Å². The van der Waals surface area contributed by atoms with Crippen LogP contribution < -0.4 is 0 Å². The molecule has 10 aromatic rings. The molecule has 246 valence electrons. The van der Waals surface area contributed by atoms with Crippen molar-refractivity contribution in [1.82, 2.24) is 15.0 Å². The average Bonchev–Trinajstić information content (AvgIpc) is 3.78. The molecule has 0 atom stereocenters. The lowest BCUT2D eigenvalue weighted by molar-refractivity contribution is 0.669. The van der Waals surface area contributed by atoms with Crippen LogP contribution in [-0.2, 0) is 0 Å². The SMILES string of the molecule is c1ccc(-c2ccc(-c3nc(-c4ccccc4)nc(-c4cccc5oc6cc(-c7ccc8c9c(cccc79)-c7ccccc7-8)ccc6c45)n3)cc2)cc1. The molecule has 1 aliphatic carbocycles. The lowest BCUT2D eigenvalue weighted by Crippen LogP contribution is -2.00. The first-order valence-corrected chi connectivity index (χ1v) is 17.9. The highest BCUT2D eigenvalue weighted by Crippen LogP contribution is 2.49. The van der Waals surface area contributed by atoms with Crippen LogP contribution in [0.1, 0.15) is 0 Å². The third-order valence-electron chi connectivity index (χ3n) is 10.5. The van der Waals surface area contributed by atoms with E-state index in [0.29, 0.717) is 17.5 Å². The Morgan fingerprint density at radius 3 is 1.57 bits per heavy atom. The molecule has 2 heterocycles. The molecule has 0 N–H and O–H groups in total. The van der Waals surface area contributed by atoms with Crippen molar-refractivity contribution in [2.45, 2.75) is 0 Å². The minimum atomic E-state index is 0.602. The highest BCUT2D eigenvalue weighted by Gasteiger charge is 2.23. The molecule has 0 fully saturated rings. The van der Waals surface area contributed by atoms with Crippen molar-refractivity contribution in [2.75, 3.05) is 0 Å². The van der Waals surface area contributed by atoms with Gasteiger partial charge in [0.15, 0.2) is 17.5 Å². The van der Waals surface area contributed by atoms with E-state index in [1.165, 1.54) is 44.2 Å². The smallest absolute Gasteiger partial charge is 0.164 e. The van der Waals surface area contributed by atoms with Gasteiger partial charge in [0.1, 0.15) is 11.2 Å². The van der Waals surface area contributed by atoms with Crippen molar-refractivity contribution in [3.8, 4) is 78.7 Å². The second-order valence-electron chi connectivity index (χ2n) is 13.5. The highest BCUT2D eigenvalue weighted by molar-refractivity contribution is 6.19. The Labute approximate surface area is 305 Å². The van der Waals surface area contributed by atoms with Crippen LogP contribution >= 0.6 is 0 Å². The van der Waals surface area contributed by atoms with Crippen molar-refractivity contribution in [3.63, 3.8) is 0 Å². The zero-order valence-electron chi connectivity index (χ0n) is 28.5. The second kappa shape index (κ2) is 11.7. The summed E-state index contributed by atoms with van der Waals surface area (Å²) in [6.45, 7) is 0. The number of aromatic nitrogens is 3. The lowest BCUT2D eigenvalue weighted by atomic mass is 9.93. The van der Waals surface area contributed by atoms with Crippen LogP contribution in [0.4, 0.5) is 0 Å². The van der Waals surface area contributed by atoms with Gasteiger partial charge in [-0.05, 0) is 73.5 Å². The summed E-state index contributed by atoms with van der Waals surface area (Å²) in [5.41, 5.74) is 14.2. The summed E-state index contributed by atoms with van der Waals surface area (Å²) < 4.78 is 6.61. The number of rotatable bonds is 5. The van der Waals surface area contributed by atoms with E-state index in [0.717, 1.165) is 49.8 Å². The van der Waals surface area contributed by atoms with Gasteiger partial charge in [0.25, 0.3) is 0 Å². The number of furan rings is 1. The Morgan fingerprint density at radius 1 is 0.283 bits per heavy atom. The number of hydrogen-bond acceptors (Lipinski definition) is 4. The Hall–Kier alpha value is -7.17. The monoisotopic (exact) mass is 675 g/mol. The van der Waals surface area contributed by atoms with Gasteiger partial charge in [-0.3, -0.25) is 0 Å². The van der Waals surface area contributed by atoms with E-state index >= 15 is 0 Å². The molecule has 8 aromatic carbocycles. The number of nitrogens with zero attached hydrogens (tertiary/aromatic N) is 3. The van der Waals surface area contributed by atoms with Crippen molar-refractivity contribution in [3.05, 3.63) is 176 Å². The van der Waals surface area contributed by atoms with Crippen LogP contribution in [0.15, 0.2) is 180 Å². The number of fused-ring (bicyclic) bond motifs is 6. The van der Waals surface area contributed by atoms with E-state index in [2.05, 4.69) is 127 Å². The lowest BCUT2D eigenvalue weighted by Gasteiger charge is -2.10. The maximum atomic E-state index is 6.61. The van der Waals surface area contributed by atoms with Gasteiger partial charge in [-0.15, -0.1) is 0 Å². The molecular weight excluding hydrogens is 647 g/mol. The van der Waals surface area contributed by atoms with Crippen LogP contribution in [0.25, 0.3) is 111 Å². The first kappa shape index (κ1) is 29.5. The Balaban J connectivity index is 1.05. The quantitative estimate of drug-likeness (QED) is 0.182. The fraction of sp³-hybridized carbons (Fsp3) is 0. The van der Waals surface area contributed by atoms with Crippen LogP contribution in [0.5, 0.6) is 0 Å². The highest BCUT2D eigenvalue weighted by atomic mass is 16.3. The topological polar surface area (TPSA) is 51.8 Å². The van der Waals surface area contributed by atoms with E-state index < -0.39 is 0 Å². The van der Waals surface area contributed by atoms with Crippen molar-refractivity contribution < 1.29 is 4.42 Å². The maximum absolute atomic E-state index is 6.61. The normalized spacial score (nSPS) is 11.8. The Bertz CT molecular complexity index is 3010. The summed E-state index contributed by atoms with van der Waals surface area (Å²) >= 11 is 0. The summed E-state index contributed by atoms with van der Waals surface area (Å²) in [5.74, 6) is 1.85. The van der Waals surface area contributed by atoms with E-state index in [-0.39, 0.29) is 0 Å². The molecule has 53 heavy (non-hydrogen) atoms. The van der Waals surface area contributed by atoms with Crippen molar-refractivity contribution >= 4 is 32.7 Å². The first-order chi connectivity index (χ1) is 26.3. The molecule has 0 spiro atoms. The van der Waals surface area contributed by atoms with Crippen LogP contribution in [-0.4, -0.2) is 15.0 Å². The van der Waals surface area contributed by atoms with Gasteiger partial charge in [-0.25, -0.2) is 15.0 Å². The van der Waals surface area contributed by atoms with Gasteiger partial charge in [-0.1, -0.05) is 158 Å². The van der Waals surface area contributed by atoms with Gasteiger partial charge >= 0.3 is 0 Å². The third-order valence-corrected chi connectivity index (χ3v) is 10.5. The van der Waals surface area contributed by atoms with E-state index in [1.54, 1.807) is 0 Å². The summed E-state index contributed by atoms with van der Waals surface area (Å²) in [6.07, 6.45) is 0. The van der Waals surface area contributed by atoms with Crippen molar-refractivity contribution in [2.24, 2.45) is 0 Å². The van der Waals surface area contributed by atoms with Gasteiger partial charge in [0.05, 0.1) is 0 Å². The standard InChI is InChI=1S/C49H29N3O/c1-3-11-30(12-4-1)31-21-23-33(24-22-31)48-50-47(32-13-5-2-6-14-32)51-49(52-48)42-19-10-20-43-46(42)41-26-25-34(29-44(41)53-43)35-27-28-40-37-16-8-7-15-36(37)39-18-9-17-38(35)45(39)40/h1-29H. The van der Waals surface area contributed by atoms with E-state index in [1.807, 2.05) is 48.5 Å². The van der Waals surface area contributed by atoms with Gasteiger partial charge in [0, 0.05) is 27.5 Å². The van der Waals surface area contributed by atoms with Crippen LogP contribution in [0.2, 0.25) is 0 Å². The molecule has 0 radical (unpaired) electrons. The molecule has 1 aliphatic rings. The molecule has 0 amide bonds. The van der Waals surface area contributed by atoms with Crippen molar-refractivity contribution in [1.29, 1.82) is 0 Å². The first-order valence-electron chi connectivity index (χ1n) is 17.9. The van der Waals surface area contributed by atoms with E-state index in [4.69, 9.17) is 19.4 Å². The van der Waals surface area contributed by atoms with Gasteiger partial charge in [-0.2, -0.15) is 0 Å². The third kappa shape index (κ3) is 4.73. The largest absolute Gasteiger partial charge is 0.456 e. The van der Waals surface area contributed by atoms with Crippen LogP contribution in [0, 0.1) is 0 Å². The summed E-state index contributed by atoms with van der Waals surface area (Å²) in [6, 6.07) is 61.5. The molecule has 0 saturated carbocycles. The number of benzene rings is 8. The molecular formula is C49H29N3O. The minimum Gasteiger partial charge on any atom is -0.456 e.